The number of benzene rings is 1. The highest BCUT2D eigenvalue weighted by atomic mass is 35.5. The Bertz CT molecular complexity index is 632. The molecule has 0 spiro atoms. The second kappa shape index (κ2) is 5.69. The summed E-state index contributed by atoms with van der Waals surface area (Å²) in [6.45, 7) is 2.49. The highest BCUT2D eigenvalue weighted by Gasteiger charge is 2.31. The largest absolute Gasteiger partial charge is 0.368 e. The molecule has 6 nitrogen and oxygen atoms in total. The molecule has 1 aliphatic rings. The van der Waals surface area contributed by atoms with Crippen LogP contribution < -0.4 is 10.5 Å². The minimum absolute atomic E-state index is 0.106. The molecule has 1 aromatic carbocycles. The van der Waals surface area contributed by atoms with E-state index < -0.39 is 16.1 Å². The van der Waals surface area contributed by atoms with Crippen molar-refractivity contribution < 1.29 is 17.9 Å². The summed E-state index contributed by atoms with van der Waals surface area (Å²) in [6, 6.07) is 3.89. The fraction of sp³-hybridized carbons (Fsp3) is 0.417. The Kier molecular flexibility index (Phi) is 4.33. The number of rotatable bonds is 3. The van der Waals surface area contributed by atoms with Crippen LogP contribution in [0.5, 0.6) is 0 Å². The van der Waals surface area contributed by atoms with Gasteiger partial charge in [0.2, 0.25) is 10.0 Å². The zero-order valence-electron chi connectivity index (χ0n) is 10.8. The number of sulfonamides is 1. The number of ether oxygens (including phenoxy) is 1. The summed E-state index contributed by atoms with van der Waals surface area (Å²) in [5.41, 5.74) is 0.326. The van der Waals surface area contributed by atoms with Gasteiger partial charge in [-0.2, -0.15) is 0 Å². The summed E-state index contributed by atoms with van der Waals surface area (Å²) in [6.07, 6.45) is 0.319. The van der Waals surface area contributed by atoms with Gasteiger partial charge in [0.05, 0.1) is 15.6 Å². The molecule has 0 radical (unpaired) electrons. The number of carbonyl (C=O) groups excluding carboxylic acids is 1. The number of halogens is 1. The minimum atomic E-state index is -3.82. The first-order valence-corrected chi connectivity index (χ1v) is 7.96. The monoisotopic (exact) mass is 318 g/mol. The summed E-state index contributed by atoms with van der Waals surface area (Å²) in [5, 5.41) is 7.74. The molecule has 0 aliphatic carbocycles. The number of anilines is 1. The Morgan fingerprint density at radius 2 is 2.20 bits per heavy atom. The fourth-order valence-corrected chi connectivity index (χ4v) is 2.84. The van der Waals surface area contributed by atoms with E-state index in [1.807, 2.05) is 6.92 Å². The van der Waals surface area contributed by atoms with Crippen molar-refractivity contribution in [3.05, 3.63) is 23.2 Å². The molecule has 1 heterocycles. The molecule has 1 amide bonds. The van der Waals surface area contributed by atoms with E-state index in [0.717, 1.165) is 6.42 Å². The first kappa shape index (κ1) is 15.2. The van der Waals surface area contributed by atoms with Crippen molar-refractivity contribution in [2.45, 2.75) is 24.3 Å². The summed E-state index contributed by atoms with van der Waals surface area (Å²) < 4.78 is 27.7. The molecule has 2 rings (SSSR count). The number of hydrogen-bond acceptors (Lipinski definition) is 4. The number of carbonyl (C=O) groups is 1. The maximum Gasteiger partial charge on any atom is 0.253 e. The third kappa shape index (κ3) is 3.29. The Labute approximate surface area is 122 Å². The molecule has 0 bridgehead atoms. The average molecular weight is 319 g/mol. The molecule has 0 saturated carbocycles. The normalized spacial score (nSPS) is 22.8. The van der Waals surface area contributed by atoms with Gasteiger partial charge in [-0.25, -0.2) is 13.6 Å². The second-order valence-electron chi connectivity index (χ2n) is 4.73. The van der Waals surface area contributed by atoms with E-state index in [1.54, 1.807) is 0 Å². The summed E-state index contributed by atoms with van der Waals surface area (Å²) in [5.74, 6) is -0.155. The summed E-state index contributed by atoms with van der Waals surface area (Å²) in [7, 11) is -3.82. The fourth-order valence-electron chi connectivity index (χ4n) is 2.01. The van der Waals surface area contributed by atoms with Crippen molar-refractivity contribution in [2.75, 3.05) is 11.9 Å². The van der Waals surface area contributed by atoms with Crippen molar-refractivity contribution in [1.82, 2.24) is 0 Å². The standard InChI is InChI=1S/C12H15ClN2O4S/c1-7-4-5-19-11(7)12(16)15-10-3-2-8(6-9(10)13)20(14,17)18/h2-3,6-7,11H,4-5H2,1H3,(H,15,16)(H2,14,17,18). The van der Waals surface area contributed by atoms with Crippen molar-refractivity contribution in [3.63, 3.8) is 0 Å². The first-order valence-electron chi connectivity index (χ1n) is 6.04. The number of nitrogens with one attached hydrogen (secondary N) is 1. The van der Waals surface area contributed by atoms with Crippen LogP contribution in [0.3, 0.4) is 0 Å². The van der Waals surface area contributed by atoms with Crippen LogP contribution in [0.4, 0.5) is 5.69 Å². The maximum atomic E-state index is 12.0. The van der Waals surface area contributed by atoms with Gasteiger partial charge in [0.25, 0.3) is 5.91 Å². The number of primary sulfonamides is 1. The van der Waals surface area contributed by atoms with Crippen LogP contribution in [0.15, 0.2) is 23.1 Å². The van der Waals surface area contributed by atoms with Gasteiger partial charge in [-0.05, 0) is 30.5 Å². The van der Waals surface area contributed by atoms with Gasteiger partial charge in [0.15, 0.2) is 0 Å². The molecule has 1 fully saturated rings. The van der Waals surface area contributed by atoms with Crippen LogP contribution in [0.1, 0.15) is 13.3 Å². The molecule has 0 aromatic heterocycles. The smallest absolute Gasteiger partial charge is 0.253 e. The number of hydrogen-bond donors (Lipinski definition) is 2. The Balaban J connectivity index is 2.16. The van der Waals surface area contributed by atoms with Gasteiger partial charge < -0.3 is 10.1 Å². The molecule has 110 valence electrons. The molecule has 2 atom stereocenters. The van der Waals surface area contributed by atoms with Gasteiger partial charge in [0.1, 0.15) is 6.10 Å². The minimum Gasteiger partial charge on any atom is -0.368 e. The Morgan fingerprint density at radius 3 is 2.70 bits per heavy atom. The predicted octanol–water partition coefficient (Wildman–Crippen LogP) is 1.35. The van der Waals surface area contributed by atoms with E-state index in [2.05, 4.69) is 5.32 Å². The topological polar surface area (TPSA) is 98.5 Å². The Morgan fingerprint density at radius 1 is 1.50 bits per heavy atom. The molecule has 20 heavy (non-hydrogen) atoms. The van der Waals surface area contributed by atoms with Crippen molar-refractivity contribution >= 4 is 33.2 Å². The van der Waals surface area contributed by atoms with E-state index in [9.17, 15) is 13.2 Å². The highest BCUT2D eigenvalue weighted by molar-refractivity contribution is 7.89. The molecule has 8 heteroatoms. The van der Waals surface area contributed by atoms with E-state index >= 15 is 0 Å². The quantitative estimate of drug-likeness (QED) is 0.878. The predicted molar refractivity (Wildman–Crippen MR) is 75.0 cm³/mol. The van der Waals surface area contributed by atoms with Crippen LogP contribution in [0.25, 0.3) is 0 Å². The summed E-state index contributed by atoms with van der Waals surface area (Å²) in [4.78, 5) is 11.9. The SMILES string of the molecule is CC1CCOC1C(=O)Nc1ccc(S(N)(=O)=O)cc1Cl. The van der Waals surface area contributed by atoms with E-state index in [4.69, 9.17) is 21.5 Å². The Hall–Kier alpha value is -1.15. The van der Waals surface area contributed by atoms with Crippen molar-refractivity contribution in [1.29, 1.82) is 0 Å². The van der Waals surface area contributed by atoms with Gasteiger partial charge in [-0.1, -0.05) is 18.5 Å². The van der Waals surface area contributed by atoms with Crippen LogP contribution >= 0.6 is 11.6 Å². The van der Waals surface area contributed by atoms with Crippen molar-refractivity contribution in [2.24, 2.45) is 11.1 Å². The first-order chi connectivity index (χ1) is 9.29. The van der Waals surface area contributed by atoms with Gasteiger partial charge >= 0.3 is 0 Å². The maximum absolute atomic E-state index is 12.0. The van der Waals surface area contributed by atoms with Crippen LogP contribution in [0.2, 0.25) is 5.02 Å². The third-order valence-electron chi connectivity index (χ3n) is 3.17. The van der Waals surface area contributed by atoms with Gasteiger partial charge in [0, 0.05) is 6.61 Å². The zero-order valence-corrected chi connectivity index (χ0v) is 12.4. The summed E-state index contributed by atoms with van der Waals surface area (Å²) >= 11 is 5.95. The average Bonchev–Trinajstić information content (AvgIpc) is 2.76. The lowest BCUT2D eigenvalue weighted by Gasteiger charge is -2.15. The van der Waals surface area contributed by atoms with E-state index in [0.29, 0.717) is 12.3 Å². The number of nitrogens with two attached hydrogens (primary N) is 1. The van der Waals surface area contributed by atoms with Crippen molar-refractivity contribution in [3.8, 4) is 0 Å². The highest BCUT2D eigenvalue weighted by Crippen LogP contribution is 2.27. The molecular weight excluding hydrogens is 304 g/mol. The molecule has 3 N–H and O–H groups in total. The molecule has 2 unspecified atom stereocenters. The molecule has 1 aliphatic heterocycles. The van der Waals surface area contributed by atoms with Crippen LogP contribution in [-0.2, 0) is 19.6 Å². The zero-order chi connectivity index (χ0) is 14.9. The lowest BCUT2D eigenvalue weighted by atomic mass is 10.0. The third-order valence-corrected chi connectivity index (χ3v) is 4.40. The van der Waals surface area contributed by atoms with Gasteiger partial charge in [-0.15, -0.1) is 0 Å². The van der Waals surface area contributed by atoms with E-state index in [1.165, 1.54) is 18.2 Å². The molecule has 1 saturated heterocycles. The van der Waals surface area contributed by atoms with Gasteiger partial charge in [-0.3, -0.25) is 4.79 Å². The molecular formula is C12H15ClN2O4S. The van der Waals surface area contributed by atoms with E-state index in [-0.39, 0.29) is 21.7 Å². The lowest BCUT2D eigenvalue weighted by Crippen LogP contribution is -2.31. The van der Waals surface area contributed by atoms with Crippen LogP contribution in [-0.4, -0.2) is 27.0 Å². The molecule has 1 aromatic rings. The number of amides is 1. The van der Waals surface area contributed by atoms with Crippen LogP contribution in [0, 0.1) is 5.92 Å². The second-order valence-corrected chi connectivity index (χ2v) is 6.70. The lowest BCUT2D eigenvalue weighted by molar-refractivity contribution is -0.126.